The number of carbonyl (C=O) groups is 2. The number of methoxy groups -OCH3 is 1. The Labute approximate surface area is 213 Å². The zero-order valence-electron chi connectivity index (χ0n) is 20.2. The number of aromatic nitrogens is 2. The van der Waals surface area contributed by atoms with Gasteiger partial charge in [0.1, 0.15) is 5.82 Å². The number of carbonyl (C=O) groups excluding carboxylic acids is 2. The van der Waals surface area contributed by atoms with Gasteiger partial charge in [0, 0.05) is 36.6 Å². The van der Waals surface area contributed by atoms with Gasteiger partial charge in [0.2, 0.25) is 0 Å². The lowest BCUT2D eigenvalue weighted by molar-refractivity contribution is -0.140. The minimum absolute atomic E-state index is 0.267. The van der Waals surface area contributed by atoms with Gasteiger partial charge in [0.05, 0.1) is 30.4 Å². The third-order valence-corrected chi connectivity index (χ3v) is 6.21. The smallest absolute Gasteiger partial charge is 0.305 e. The highest BCUT2D eigenvalue weighted by molar-refractivity contribution is 6.37. The molecule has 1 aromatic heterocycles. The highest BCUT2D eigenvalue weighted by Gasteiger charge is 2.28. The van der Waals surface area contributed by atoms with Crippen LogP contribution in [0.1, 0.15) is 28.7 Å². The molecule has 0 fully saturated rings. The van der Waals surface area contributed by atoms with Crippen LogP contribution in [0.15, 0.2) is 85.5 Å². The standard InChI is InChI=1S/C29H25FN4O3/c1-37-26(35)13-6-19-2-7-21(8-3-19)28(27-24-12-9-22(30)16-25(24)33-29(27)36)32-23-10-4-20(5-11-23)17-34-15-14-31-18-34/h2-5,7-12,14-16,18,32H,6,13,17H2,1H3,(H,33,36)/b28-27-. The van der Waals surface area contributed by atoms with E-state index in [0.717, 1.165) is 22.4 Å². The predicted molar refractivity (Wildman–Crippen MR) is 140 cm³/mol. The first-order chi connectivity index (χ1) is 18.0. The number of esters is 1. The van der Waals surface area contributed by atoms with Crippen LogP contribution in [0.25, 0.3) is 11.3 Å². The zero-order valence-corrected chi connectivity index (χ0v) is 20.2. The number of imidazole rings is 1. The molecule has 0 aliphatic carbocycles. The first-order valence-corrected chi connectivity index (χ1v) is 11.8. The second kappa shape index (κ2) is 10.5. The third kappa shape index (κ3) is 5.43. The van der Waals surface area contributed by atoms with E-state index in [0.29, 0.717) is 35.5 Å². The lowest BCUT2D eigenvalue weighted by atomic mass is 9.98. The summed E-state index contributed by atoms with van der Waals surface area (Å²) in [5.74, 6) is -0.996. The second-order valence-electron chi connectivity index (χ2n) is 8.72. The number of halogens is 1. The van der Waals surface area contributed by atoms with Crippen molar-refractivity contribution in [2.75, 3.05) is 17.7 Å². The summed E-state index contributed by atoms with van der Waals surface area (Å²) in [5.41, 5.74) is 5.75. The van der Waals surface area contributed by atoms with Crippen LogP contribution in [0.5, 0.6) is 0 Å². The summed E-state index contributed by atoms with van der Waals surface area (Å²) in [5, 5.41) is 6.19. The molecule has 4 aromatic rings. The molecular weight excluding hydrogens is 471 g/mol. The summed E-state index contributed by atoms with van der Waals surface area (Å²) in [4.78, 5) is 28.7. The fourth-order valence-electron chi connectivity index (χ4n) is 4.29. The molecule has 5 rings (SSSR count). The van der Waals surface area contributed by atoms with Crippen LogP contribution in [0.4, 0.5) is 15.8 Å². The van der Waals surface area contributed by atoms with E-state index >= 15 is 0 Å². The SMILES string of the molecule is COC(=O)CCc1ccc(/C(Nc2ccc(Cn3ccnc3)cc2)=C2/C(=O)Nc3cc(F)ccc32)cc1. The number of nitrogens with zero attached hydrogens (tertiary/aromatic N) is 2. The molecule has 1 amide bonds. The number of hydrogen-bond acceptors (Lipinski definition) is 5. The van der Waals surface area contributed by atoms with Crippen molar-refractivity contribution < 1.29 is 18.7 Å². The van der Waals surface area contributed by atoms with Crippen molar-refractivity contribution in [3.63, 3.8) is 0 Å². The quantitative estimate of drug-likeness (QED) is 0.262. The minimum Gasteiger partial charge on any atom is -0.469 e. The van der Waals surface area contributed by atoms with E-state index in [1.165, 1.54) is 19.2 Å². The van der Waals surface area contributed by atoms with Gasteiger partial charge in [0.15, 0.2) is 0 Å². The fourth-order valence-corrected chi connectivity index (χ4v) is 4.29. The molecule has 0 saturated heterocycles. The van der Waals surface area contributed by atoms with Gasteiger partial charge < -0.3 is 19.9 Å². The normalized spacial score (nSPS) is 13.6. The predicted octanol–water partition coefficient (Wildman–Crippen LogP) is 5.11. The molecule has 0 bridgehead atoms. The summed E-state index contributed by atoms with van der Waals surface area (Å²) in [6, 6.07) is 19.9. The van der Waals surface area contributed by atoms with Crippen molar-refractivity contribution in [1.29, 1.82) is 0 Å². The summed E-state index contributed by atoms with van der Waals surface area (Å²) < 4.78 is 20.5. The summed E-state index contributed by atoms with van der Waals surface area (Å²) >= 11 is 0. The van der Waals surface area contributed by atoms with E-state index in [1.54, 1.807) is 18.6 Å². The summed E-state index contributed by atoms with van der Waals surface area (Å²) in [6.07, 6.45) is 6.25. The number of ether oxygens (including phenoxy) is 1. The van der Waals surface area contributed by atoms with Crippen LogP contribution in [0.3, 0.4) is 0 Å². The highest BCUT2D eigenvalue weighted by atomic mass is 19.1. The third-order valence-electron chi connectivity index (χ3n) is 6.21. The average Bonchev–Trinajstić information content (AvgIpc) is 3.53. The largest absolute Gasteiger partial charge is 0.469 e. The number of hydrogen-bond donors (Lipinski definition) is 2. The van der Waals surface area contributed by atoms with Crippen molar-refractivity contribution in [2.24, 2.45) is 0 Å². The number of benzene rings is 3. The Kier molecular flexibility index (Phi) is 6.81. The average molecular weight is 497 g/mol. The Morgan fingerprint density at radius 1 is 1.05 bits per heavy atom. The molecular formula is C29H25FN4O3. The molecule has 0 spiro atoms. The van der Waals surface area contributed by atoms with Crippen molar-refractivity contribution in [1.82, 2.24) is 9.55 Å². The molecule has 7 nitrogen and oxygen atoms in total. The molecule has 2 heterocycles. The van der Waals surface area contributed by atoms with Crippen molar-refractivity contribution in [2.45, 2.75) is 19.4 Å². The van der Waals surface area contributed by atoms with Gasteiger partial charge >= 0.3 is 5.97 Å². The van der Waals surface area contributed by atoms with E-state index in [-0.39, 0.29) is 18.3 Å². The van der Waals surface area contributed by atoms with E-state index in [4.69, 9.17) is 4.74 Å². The lowest BCUT2D eigenvalue weighted by Gasteiger charge is -2.16. The summed E-state index contributed by atoms with van der Waals surface area (Å²) in [7, 11) is 1.37. The molecule has 2 N–H and O–H groups in total. The van der Waals surface area contributed by atoms with Gasteiger partial charge in [-0.15, -0.1) is 0 Å². The molecule has 0 radical (unpaired) electrons. The summed E-state index contributed by atoms with van der Waals surface area (Å²) in [6.45, 7) is 0.697. The number of anilines is 2. The second-order valence-corrected chi connectivity index (χ2v) is 8.72. The minimum atomic E-state index is -0.418. The van der Waals surface area contributed by atoms with Crippen molar-refractivity contribution in [3.8, 4) is 0 Å². The maximum atomic E-state index is 13.8. The Morgan fingerprint density at radius 3 is 2.51 bits per heavy atom. The van der Waals surface area contributed by atoms with Gasteiger partial charge in [-0.05, 0) is 53.4 Å². The Bertz CT molecular complexity index is 1460. The van der Waals surface area contributed by atoms with Crippen molar-refractivity contribution in [3.05, 3.63) is 114 Å². The van der Waals surface area contributed by atoms with Gasteiger partial charge in [-0.25, -0.2) is 9.37 Å². The van der Waals surface area contributed by atoms with Gasteiger partial charge in [-0.2, -0.15) is 0 Å². The van der Waals surface area contributed by atoms with Crippen LogP contribution in [0, 0.1) is 5.82 Å². The lowest BCUT2D eigenvalue weighted by Crippen LogP contribution is -2.10. The van der Waals surface area contributed by atoms with Crippen molar-refractivity contribution >= 4 is 34.5 Å². The van der Waals surface area contributed by atoms with Crippen LogP contribution < -0.4 is 10.6 Å². The zero-order chi connectivity index (χ0) is 25.8. The van der Waals surface area contributed by atoms with E-state index in [9.17, 15) is 14.0 Å². The Hall–Kier alpha value is -4.72. The maximum Gasteiger partial charge on any atom is 0.305 e. The van der Waals surface area contributed by atoms with Crippen LogP contribution in [0.2, 0.25) is 0 Å². The van der Waals surface area contributed by atoms with E-state index in [2.05, 4.69) is 15.6 Å². The number of aryl methyl sites for hydroxylation is 1. The molecule has 186 valence electrons. The monoisotopic (exact) mass is 496 g/mol. The number of fused-ring (bicyclic) bond motifs is 1. The Balaban J connectivity index is 1.48. The maximum absolute atomic E-state index is 13.8. The topological polar surface area (TPSA) is 85.2 Å². The fraction of sp³-hybridized carbons (Fsp3) is 0.138. The number of rotatable bonds is 8. The molecule has 0 unspecified atom stereocenters. The molecule has 1 aliphatic rings. The van der Waals surface area contributed by atoms with E-state index in [1.807, 2.05) is 59.3 Å². The van der Waals surface area contributed by atoms with Crippen LogP contribution in [-0.2, 0) is 27.3 Å². The first-order valence-electron chi connectivity index (χ1n) is 11.8. The van der Waals surface area contributed by atoms with Gasteiger partial charge in [-0.3, -0.25) is 9.59 Å². The number of amides is 1. The molecule has 1 aliphatic heterocycles. The van der Waals surface area contributed by atoms with E-state index < -0.39 is 5.82 Å². The van der Waals surface area contributed by atoms with Gasteiger partial charge in [0.25, 0.3) is 5.91 Å². The first kappa shape index (κ1) is 24.0. The molecule has 3 aromatic carbocycles. The number of nitrogens with one attached hydrogen (secondary N) is 2. The Morgan fingerprint density at radius 2 is 1.81 bits per heavy atom. The molecule has 0 atom stereocenters. The van der Waals surface area contributed by atoms with Gasteiger partial charge in [-0.1, -0.05) is 36.4 Å². The molecule has 8 heteroatoms. The van der Waals surface area contributed by atoms with Crippen LogP contribution >= 0.6 is 0 Å². The van der Waals surface area contributed by atoms with Crippen LogP contribution in [-0.4, -0.2) is 28.5 Å². The highest BCUT2D eigenvalue weighted by Crippen LogP contribution is 2.38. The molecule has 0 saturated carbocycles. The molecule has 37 heavy (non-hydrogen) atoms.